The predicted molar refractivity (Wildman–Crippen MR) is 70.9 cm³/mol. The molecule has 0 aromatic heterocycles. The van der Waals surface area contributed by atoms with Gasteiger partial charge < -0.3 is 10.5 Å². The Balaban J connectivity index is 3.17. The standard InChI is InChI=1S/C13H20N2O3/c1-4-11(9(3)14)10-6-7-12(15(16)17)13(8-10)18-5-2/h6-9,11H,4-5,14H2,1-3H3. The van der Waals surface area contributed by atoms with E-state index >= 15 is 0 Å². The average molecular weight is 252 g/mol. The smallest absolute Gasteiger partial charge is 0.310 e. The lowest BCUT2D eigenvalue weighted by molar-refractivity contribution is -0.385. The minimum Gasteiger partial charge on any atom is -0.487 e. The maximum Gasteiger partial charge on any atom is 0.310 e. The van der Waals surface area contributed by atoms with Crippen molar-refractivity contribution >= 4 is 5.69 Å². The molecule has 2 atom stereocenters. The van der Waals surface area contributed by atoms with Crippen LogP contribution >= 0.6 is 0 Å². The minimum absolute atomic E-state index is 0.000118. The second kappa shape index (κ2) is 6.35. The van der Waals surface area contributed by atoms with Crippen molar-refractivity contribution in [3.05, 3.63) is 33.9 Å². The molecule has 0 saturated carbocycles. The molecule has 2 N–H and O–H groups in total. The third kappa shape index (κ3) is 3.20. The molecule has 0 fully saturated rings. The molecule has 0 amide bonds. The van der Waals surface area contributed by atoms with Crippen molar-refractivity contribution in [1.29, 1.82) is 0 Å². The van der Waals surface area contributed by atoms with Gasteiger partial charge in [0.15, 0.2) is 5.75 Å². The van der Waals surface area contributed by atoms with Gasteiger partial charge in [-0.3, -0.25) is 10.1 Å². The topological polar surface area (TPSA) is 78.4 Å². The van der Waals surface area contributed by atoms with Crippen molar-refractivity contribution in [1.82, 2.24) is 0 Å². The highest BCUT2D eigenvalue weighted by molar-refractivity contribution is 5.49. The van der Waals surface area contributed by atoms with E-state index in [1.165, 1.54) is 6.07 Å². The summed E-state index contributed by atoms with van der Waals surface area (Å²) in [4.78, 5) is 10.5. The predicted octanol–water partition coefficient (Wildman–Crippen LogP) is 2.83. The van der Waals surface area contributed by atoms with Crippen molar-refractivity contribution in [3.8, 4) is 5.75 Å². The Morgan fingerprint density at radius 1 is 1.44 bits per heavy atom. The minimum atomic E-state index is -0.429. The van der Waals surface area contributed by atoms with Crippen LogP contribution in [0.2, 0.25) is 0 Å². The third-order valence-electron chi connectivity index (χ3n) is 2.98. The van der Waals surface area contributed by atoms with Crippen molar-refractivity contribution < 1.29 is 9.66 Å². The van der Waals surface area contributed by atoms with Gasteiger partial charge in [-0.1, -0.05) is 13.0 Å². The first-order valence-electron chi connectivity index (χ1n) is 6.17. The first-order chi connectivity index (χ1) is 8.51. The van der Waals surface area contributed by atoms with Crippen LogP contribution in [-0.4, -0.2) is 17.6 Å². The third-order valence-corrected chi connectivity index (χ3v) is 2.98. The first-order valence-corrected chi connectivity index (χ1v) is 6.17. The van der Waals surface area contributed by atoms with E-state index in [2.05, 4.69) is 6.92 Å². The normalized spacial score (nSPS) is 14.0. The fraction of sp³-hybridized carbons (Fsp3) is 0.538. The van der Waals surface area contributed by atoms with Crippen LogP contribution in [0, 0.1) is 10.1 Å². The van der Waals surface area contributed by atoms with E-state index < -0.39 is 4.92 Å². The van der Waals surface area contributed by atoms with Gasteiger partial charge in [-0.15, -0.1) is 0 Å². The summed E-state index contributed by atoms with van der Waals surface area (Å²) in [5.41, 5.74) is 6.91. The van der Waals surface area contributed by atoms with Crippen LogP contribution < -0.4 is 10.5 Å². The van der Waals surface area contributed by atoms with Gasteiger partial charge in [0.1, 0.15) is 0 Å². The highest BCUT2D eigenvalue weighted by Gasteiger charge is 2.20. The number of benzene rings is 1. The van der Waals surface area contributed by atoms with E-state index in [-0.39, 0.29) is 17.6 Å². The monoisotopic (exact) mass is 252 g/mol. The highest BCUT2D eigenvalue weighted by atomic mass is 16.6. The van der Waals surface area contributed by atoms with Crippen molar-refractivity contribution in [2.24, 2.45) is 5.73 Å². The van der Waals surface area contributed by atoms with Crippen LogP contribution in [0.15, 0.2) is 18.2 Å². The zero-order chi connectivity index (χ0) is 13.7. The van der Waals surface area contributed by atoms with Gasteiger partial charge in [0, 0.05) is 12.1 Å². The summed E-state index contributed by atoms with van der Waals surface area (Å²) in [7, 11) is 0. The number of hydrogen-bond donors (Lipinski definition) is 1. The summed E-state index contributed by atoms with van der Waals surface area (Å²) in [6, 6.07) is 4.99. The molecule has 5 nitrogen and oxygen atoms in total. The summed E-state index contributed by atoms with van der Waals surface area (Å²) in [6.07, 6.45) is 0.890. The molecule has 100 valence electrons. The van der Waals surface area contributed by atoms with Gasteiger partial charge >= 0.3 is 5.69 Å². The summed E-state index contributed by atoms with van der Waals surface area (Å²) in [6.45, 7) is 6.20. The Morgan fingerprint density at radius 3 is 2.56 bits per heavy atom. The van der Waals surface area contributed by atoms with E-state index in [0.29, 0.717) is 12.4 Å². The SMILES string of the molecule is CCOc1cc(C(CC)C(C)N)ccc1[N+](=O)[O-]. The lowest BCUT2D eigenvalue weighted by atomic mass is 9.90. The zero-order valence-electron chi connectivity index (χ0n) is 11.1. The van der Waals surface area contributed by atoms with E-state index in [0.717, 1.165) is 12.0 Å². The fourth-order valence-corrected chi connectivity index (χ4v) is 2.09. The van der Waals surface area contributed by atoms with E-state index in [9.17, 15) is 10.1 Å². The first kappa shape index (κ1) is 14.4. The fourth-order valence-electron chi connectivity index (χ4n) is 2.09. The Labute approximate surface area is 107 Å². The maximum absolute atomic E-state index is 10.9. The Morgan fingerprint density at radius 2 is 2.11 bits per heavy atom. The number of nitrogens with zero attached hydrogens (tertiary/aromatic N) is 1. The van der Waals surface area contributed by atoms with Crippen LogP contribution in [0.25, 0.3) is 0 Å². The lowest BCUT2D eigenvalue weighted by Gasteiger charge is -2.20. The quantitative estimate of drug-likeness (QED) is 0.623. The Bertz CT molecular complexity index is 419. The molecule has 0 aliphatic heterocycles. The molecule has 0 aliphatic rings. The molecule has 18 heavy (non-hydrogen) atoms. The second-order valence-electron chi connectivity index (χ2n) is 4.29. The number of rotatable bonds is 6. The molecule has 1 rings (SSSR count). The second-order valence-corrected chi connectivity index (χ2v) is 4.29. The van der Waals surface area contributed by atoms with Gasteiger partial charge in [0.05, 0.1) is 11.5 Å². The molecular weight excluding hydrogens is 232 g/mol. The summed E-state index contributed by atoms with van der Waals surface area (Å²) in [5.74, 6) is 0.504. The van der Waals surface area contributed by atoms with Crippen molar-refractivity contribution in [2.45, 2.75) is 39.2 Å². The molecule has 0 spiro atoms. The Hall–Kier alpha value is -1.62. The van der Waals surface area contributed by atoms with Crippen molar-refractivity contribution in [2.75, 3.05) is 6.61 Å². The molecule has 0 bridgehead atoms. The van der Waals surface area contributed by atoms with Crippen LogP contribution in [0.4, 0.5) is 5.69 Å². The number of nitro benzene ring substituents is 1. The van der Waals surface area contributed by atoms with Crippen molar-refractivity contribution in [3.63, 3.8) is 0 Å². The van der Waals surface area contributed by atoms with Crippen LogP contribution in [0.5, 0.6) is 5.75 Å². The van der Waals surface area contributed by atoms with Gasteiger partial charge in [-0.25, -0.2) is 0 Å². The summed E-state index contributed by atoms with van der Waals surface area (Å²) < 4.78 is 5.33. The molecule has 1 aromatic rings. The van der Waals surface area contributed by atoms with Crippen LogP contribution in [0.1, 0.15) is 38.7 Å². The number of ether oxygens (including phenoxy) is 1. The van der Waals surface area contributed by atoms with Crippen LogP contribution in [-0.2, 0) is 0 Å². The van der Waals surface area contributed by atoms with Crippen LogP contribution in [0.3, 0.4) is 0 Å². The molecule has 2 unspecified atom stereocenters. The van der Waals surface area contributed by atoms with Gasteiger partial charge in [0.25, 0.3) is 0 Å². The van der Waals surface area contributed by atoms with Gasteiger partial charge in [-0.2, -0.15) is 0 Å². The molecule has 0 radical (unpaired) electrons. The molecule has 0 saturated heterocycles. The van der Waals surface area contributed by atoms with E-state index in [1.54, 1.807) is 19.1 Å². The van der Waals surface area contributed by atoms with E-state index in [4.69, 9.17) is 10.5 Å². The van der Waals surface area contributed by atoms with Gasteiger partial charge in [-0.05, 0) is 37.8 Å². The van der Waals surface area contributed by atoms with Gasteiger partial charge in [0.2, 0.25) is 0 Å². The number of nitrogens with two attached hydrogens (primary N) is 1. The maximum atomic E-state index is 10.9. The molecule has 5 heteroatoms. The Kier molecular flexibility index (Phi) is 5.09. The molecule has 1 aromatic carbocycles. The summed E-state index contributed by atoms with van der Waals surface area (Å²) in [5, 5.41) is 10.9. The zero-order valence-corrected chi connectivity index (χ0v) is 11.1. The lowest BCUT2D eigenvalue weighted by Crippen LogP contribution is -2.24. The number of nitro groups is 1. The molecule has 0 heterocycles. The molecular formula is C13H20N2O3. The van der Waals surface area contributed by atoms with E-state index in [1.807, 2.05) is 6.92 Å². The number of hydrogen-bond acceptors (Lipinski definition) is 4. The largest absolute Gasteiger partial charge is 0.487 e. The molecule has 0 aliphatic carbocycles. The highest BCUT2D eigenvalue weighted by Crippen LogP contribution is 2.32. The summed E-state index contributed by atoms with van der Waals surface area (Å²) >= 11 is 0. The average Bonchev–Trinajstić information content (AvgIpc) is 2.29.